The van der Waals surface area contributed by atoms with E-state index in [1.54, 1.807) is 0 Å². The van der Waals surface area contributed by atoms with Gasteiger partial charge in [0.2, 0.25) is 10.0 Å². The quantitative estimate of drug-likeness (QED) is 0.666. The van der Waals surface area contributed by atoms with Gasteiger partial charge in [0.05, 0.1) is 6.10 Å². The third kappa shape index (κ3) is 3.56. The Morgan fingerprint density at radius 1 is 1.35 bits per heavy atom. The Kier molecular flexibility index (Phi) is 5.26. The van der Waals surface area contributed by atoms with Crippen molar-refractivity contribution in [2.24, 2.45) is 14.1 Å². The molecule has 0 fully saturated rings. The van der Waals surface area contributed by atoms with Gasteiger partial charge in [0.25, 0.3) is 5.56 Å². The molecule has 8 nitrogen and oxygen atoms in total. The van der Waals surface area contributed by atoms with E-state index in [0.29, 0.717) is 12.8 Å². The number of hydrogen-bond donors (Lipinski definition) is 2. The van der Waals surface area contributed by atoms with Crippen molar-refractivity contribution >= 4 is 10.0 Å². The van der Waals surface area contributed by atoms with E-state index in [1.165, 1.54) is 14.1 Å². The predicted molar refractivity (Wildman–Crippen MR) is 73.0 cm³/mol. The first kappa shape index (κ1) is 16.6. The van der Waals surface area contributed by atoms with Crippen LogP contribution in [0.25, 0.3) is 0 Å². The normalized spacial score (nSPS) is 13.4. The van der Waals surface area contributed by atoms with Gasteiger partial charge in [-0.3, -0.25) is 9.36 Å². The minimum Gasteiger partial charge on any atom is -0.392 e. The van der Waals surface area contributed by atoms with E-state index < -0.39 is 32.3 Å². The summed E-state index contributed by atoms with van der Waals surface area (Å²) in [5.41, 5.74) is -1.51. The van der Waals surface area contributed by atoms with Crippen LogP contribution in [0.2, 0.25) is 0 Å². The second kappa shape index (κ2) is 6.33. The number of aliphatic hydroxyl groups excluding tert-OH is 1. The van der Waals surface area contributed by atoms with Gasteiger partial charge in [0.1, 0.15) is 0 Å². The minimum absolute atomic E-state index is 0.178. The van der Waals surface area contributed by atoms with Gasteiger partial charge in [-0.05, 0) is 6.42 Å². The van der Waals surface area contributed by atoms with Crippen molar-refractivity contribution in [1.29, 1.82) is 0 Å². The van der Waals surface area contributed by atoms with Gasteiger partial charge >= 0.3 is 5.69 Å². The fraction of sp³-hybridized carbons (Fsp3) is 0.636. The topological polar surface area (TPSA) is 110 Å². The zero-order chi connectivity index (χ0) is 15.5. The van der Waals surface area contributed by atoms with Crippen LogP contribution in [0.1, 0.15) is 19.8 Å². The largest absolute Gasteiger partial charge is 0.392 e. The van der Waals surface area contributed by atoms with Crippen molar-refractivity contribution in [3.8, 4) is 0 Å². The molecule has 0 aliphatic carbocycles. The molecule has 0 aliphatic rings. The van der Waals surface area contributed by atoms with Gasteiger partial charge < -0.3 is 9.67 Å². The molecule has 9 heteroatoms. The lowest BCUT2D eigenvalue weighted by molar-refractivity contribution is 0.167. The van der Waals surface area contributed by atoms with E-state index in [4.69, 9.17) is 0 Å². The van der Waals surface area contributed by atoms with Crippen LogP contribution in [-0.2, 0) is 24.1 Å². The third-order valence-corrected chi connectivity index (χ3v) is 4.24. The standard InChI is InChI=1S/C11H19N3O5S/c1-4-5-8(15)6-12-20(18,19)9-7-13(2)11(17)14(3)10(9)16/h7-8,12,15H,4-6H2,1-3H3. The number of sulfonamides is 1. The van der Waals surface area contributed by atoms with Crippen LogP contribution in [-0.4, -0.2) is 35.3 Å². The summed E-state index contributed by atoms with van der Waals surface area (Å²) in [7, 11) is -1.51. The van der Waals surface area contributed by atoms with E-state index in [0.717, 1.165) is 15.3 Å². The summed E-state index contributed by atoms with van der Waals surface area (Å²) in [5.74, 6) is 0. The summed E-state index contributed by atoms with van der Waals surface area (Å²) in [6.45, 7) is 1.68. The van der Waals surface area contributed by atoms with E-state index in [-0.39, 0.29) is 6.54 Å². The maximum Gasteiger partial charge on any atom is 0.330 e. The second-order valence-corrected chi connectivity index (χ2v) is 6.28. The zero-order valence-corrected chi connectivity index (χ0v) is 12.5. The molecule has 0 saturated carbocycles. The molecule has 0 spiro atoms. The Hall–Kier alpha value is -1.45. The van der Waals surface area contributed by atoms with Gasteiger partial charge in [0, 0.05) is 26.8 Å². The van der Waals surface area contributed by atoms with E-state index in [9.17, 15) is 23.1 Å². The summed E-state index contributed by atoms with van der Waals surface area (Å²) in [5, 5.41) is 9.52. The number of hydrogen-bond acceptors (Lipinski definition) is 5. The van der Waals surface area contributed by atoms with Gasteiger partial charge in [-0.1, -0.05) is 13.3 Å². The molecule has 0 radical (unpaired) electrons. The Labute approximate surface area is 116 Å². The van der Waals surface area contributed by atoms with Crippen molar-refractivity contribution in [3.63, 3.8) is 0 Å². The van der Waals surface area contributed by atoms with Crippen molar-refractivity contribution in [2.45, 2.75) is 30.8 Å². The Balaban J connectivity index is 3.12. The molecular formula is C11H19N3O5S. The van der Waals surface area contributed by atoms with Crippen LogP contribution in [0.4, 0.5) is 0 Å². The minimum atomic E-state index is -4.07. The Bertz CT molecular complexity index is 689. The highest BCUT2D eigenvalue weighted by atomic mass is 32.2. The molecule has 1 aromatic rings. The molecule has 1 heterocycles. The van der Waals surface area contributed by atoms with Crippen molar-refractivity contribution in [3.05, 3.63) is 27.0 Å². The molecule has 114 valence electrons. The zero-order valence-electron chi connectivity index (χ0n) is 11.7. The van der Waals surface area contributed by atoms with Crippen molar-refractivity contribution in [1.82, 2.24) is 13.9 Å². The molecule has 0 aliphatic heterocycles. The fourth-order valence-corrected chi connectivity index (χ4v) is 2.91. The second-order valence-electron chi connectivity index (χ2n) is 4.55. The number of aromatic nitrogens is 2. The molecule has 0 aromatic carbocycles. The van der Waals surface area contributed by atoms with Crippen LogP contribution in [0.15, 0.2) is 20.7 Å². The lowest BCUT2D eigenvalue weighted by Crippen LogP contribution is -2.42. The molecule has 20 heavy (non-hydrogen) atoms. The Morgan fingerprint density at radius 2 is 1.95 bits per heavy atom. The molecule has 1 aromatic heterocycles. The molecule has 1 rings (SSSR count). The van der Waals surface area contributed by atoms with Crippen molar-refractivity contribution < 1.29 is 13.5 Å². The highest BCUT2D eigenvalue weighted by Crippen LogP contribution is 2.01. The molecule has 1 unspecified atom stereocenters. The SMILES string of the molecule is CCCC(O)CNS(=O)(=O)c1cn(C)c(=O)n(C)c1=O. The first-order chi connectivity index (χ1) is 9.20. The Morgan fingerprint density at radius 3 is 2.50 bits per heavy atom. The van der Waals surface area contributed by atoms with E-state index in [1.807, 2.05) is 6.92 Å². The van der Waals surface area contributed by atoms with Crippen LogP contribution in [0.5, 0.6) is 0 Å². The van der Waals surface area contributed by atoms with Crippen molar-refractivity contribution in [2.75, 3.05) is 6.54 Å². The molecule has 0 amide bonds. The summed E-state index contributed by atoms with van der Waals surface area (Å²) in [6, 6.07) is 0. The lowest BCUT2D eigenvalue weighted by atomic mass is 10.2. The molecular weight excluding hydrogens is 286 g/mol. The smallest absolute Gasteiger partial charge is 0.330 e. The van der Waals surface area contributed by atoms with Crippen LogP contribution in [0.3, 0.4) is 0 Å². The highest BCUT2D eigenvalue weighted by molar-refractivity contribution is 7.89. The molecule has 0 bridgehead atoms. The van der Waals surface area contributed by atoms with E-state index >= 15 is 0 Å². The number of aliphatic hydroxyl groups is 1. The number of aryl methyl sites for hydroxylation is 1. The first-order valence-corrected chi connectivity index (χ1v) is 7.63. The number of nitrogens with one attached hydrogen (secondary N) is 1. The van der Waals surface area contributed by atoms with Gasteiger partial charge in [-0.15, -0.1) is 0 Å². The van der Waals surface area contributed by atoms with Crippen LogP contribution < -0.4 is 16.0 Å². The summed E-state index contributed by atoms with van der Waals surface area (Å²) >= 11 is 0. The molecule has 0 saturated heterocycles. The molecule has 2 N–H and O–H groups in total. The highest BCUT2D eigenvalue weighted by Gasteiger charge is 2.21. The summed E-state index contributed by atoms with van der Waals surface area (Å²) < 4.78 is 28.0. The summed E-state index contributed by atoms with van der Waals surface area (Å²) in [6.07, 6.45) is 1.32. The molecule has 1 atom stereocenters. The first-order valence-electron chi connectivity index (χ1n) is 6.15. The number of rotatable bonds is 6. The monoisotopic (exact) mass is 305 g/mol. The fourth-order valence-electron chi connectivity index (χ4n) is 1.68. The summed E-state index contributed by atoms with van der Waals surface area (Å²) in [4.78, 5) is 22.8. The average Bonchev–Trinajstić information content (AvgIpc) is 2.38. The van der Waals surface area contributed by atoms with Gasteiger partial charge in [-0.25, -0.2) is 17.9 Å². The maximum absolute atomic E-state index is 12.0. The van der Waals surface area contributed by atoms with Crippen LogP contribution >= 0.6 is 0 Å². The average molecular weight is 305 g/mol. The predicted octanol–water partition coefficient (Wildman–Crippen LogP) is -1.48. The van der Waals surface area contributed by atoms with E-state index in [2.05, 4.69) is 4.72 Å². The lowest BCUT2D eigenvalue weighted by Gasteiger charge is -2.12. The maximum atomic E-state index is 12.0. The van der Waals surface area contributed by atoms with Crippen LogP contribution in [0, 0.1) is 0 Å². The van der Waals surface area contributed by atoms with Gasteiger partial charge in [-0.2, -0.15) is 0 Å². The third-order valence-electron chi connectivity index (χ3n) is 2.84. The van der Waals surface area contributed by atoms with Gasteiger partial charge in [0.15, 0.2) is 4.90 Å². The number of nitrogens with zero attached hydrogens (tertiary/aromatic N) is 2.